The van der Waals surface area contributed by atoms with Crippen molar-refractivity contribution in [2.24, 2.45) is 0 Å². The van der Waals surface area contributed by atoms with Gasteiger partial charge in [-0.3, -0.25) is 14.2 Å². The van der Waals surface area contributed by atoms with Gasteiger partial charge in [0.25, 0.3) is 11.5 Å². The summed E-state index contributed by atoms with van der Waals surface area (Å²) in [5, 5.41) is 0.0998. The number of alkyl halides is 3. The number of carbonyl (C=O) groups excluding carboxylic acids is 1. The Morgan fingerprint density at radius 3 is 2.59 bits per heavy atom. The summed E-state index contributed by atoms with van der Waals surface area (Å²) in [5.41, 5.74) is -0.487. The predicted octanol–water partition coefficient (Wildman–Crippen LogP) is 2.73. The molecule has 10 heteroatoms. The van der Waals surface area contributed by atoms with Crippen LogP contribution in [0.15, 0.2) is 47.5 Å². The molecule has 0 saturated carbocycles. The molecule has 0 spiro atoms. The van der Waals surface area contributed by atoms with E-state index >= 15 is 0 Å². The highest BCUT2D eigenvalue weighted by atomic mass is 19.4. The van der Waals surface area contributed by atoms with Crippen LogP contribution in [0.25, 0.3) is 10.9 Å². The Hall–Kier alpha value is -3.30. The highest BCUT2D eigenvalue weighted by Gasteiger charge is 2.37. The second kappa shape index (κ2) is 7.26. The quantitative estimate of drug-likeness (QED) is 0.672. The maximum atomic E-state index is 13.2. The molecule has 3 heterocycles. The van der Waals surface area contributed by atoms with Gasteiger partial charge < -0.3 is 4.90 Å². The van der Waals surface area contributed by atoms with Gasteiger partial charge >= 0.3 is 6.18 Å². The van der Waals surface area contributed by atoms with Gasteiger partial charge in [-0.25, -0.2) is 15.0 Å². The van der Waals surface area contributed by atoms with Crippen molar-refractivity contribution in [3.8, 4) is 0 Å². The van der Waals surface area contributed by atoms with E-state index in [9.17, 15) is 22.8 Å². The van der Waals surface area contributed by atoms with E-state index in [1.807, 2.05) is 0 Å². The topological polar surface area (TPSA) is 81.0 Å². The molecular formula is C19H16F3N5O2. The summed E-state index contributed by atoms with van der Waals surface area (Å²) in [4.78, 5) is 39.3. The monoisotopic (exact) mass is 403 g/mol. The number of halogens is 3. The maximum absolute atomic E-state index is 13.2. The van der Waals surface area contributed by atoms with Gasteiger partial charge in [0.2, 0.25) is 5.82 Å². The number of likely N-dealkylation sites (tertiary alicyclic amines) is 1. The van der Waals surface area contributed by atoms with Crippen LogP contribution in [-0.4, -0.2) is 43.0 Å². The van der Waals surface area contributed by atoms with E-state index in [-0.39, 0.29) is 17.0 Å². The standard InChI is InChI=1S/C19H16F3N5O2/c20-19(21,22)11-27-16(25-13-6-2-1-5-12(13)17(27)28)14-7-3-10-26(14)18(29)15-23-8-4-9-24-15/h1-2,4-6,8-9,14H,3,7,10-11H2. The average Bonchev–Trinajstić information content (AvgIpc) is 3.19. The smallest absolute Gasteiger partial charge is 0.326 e. The Morgan fingerprint density at radius 2 is 1.86 bits per heavy atom. The molecule has 0 aliphatic carbocycles. The first-order valence-corrected chi connectivity index (χ1v) is 8.99. The number of benzene rings is 1. The largest absolute Gasteiger partial charge is 0.406 e. The number of aromatic nitrogens is 4. The predicted molar refractivity (Wildman–Crippen MR) is 97.1 cm³/mol. The molecule has 2 aromatic heterocycles. The molecule has 1 saturated heterocycles. The Bertz CT molecular complexity index is 1110. The van der Waals surface area contributed by atoms with E-state index in [0.717, 1.165) is 0 Å². The van der Waals surface area contributed by atoms with Crippen molar-refractivity contribution in [2.45, 2.75) is 31.6 Å². The molecule has 150 valence electrons. The fourth-order valence-corrected chi connectivity index (χ4v) is 3.59. The number of nitrogens with zero attached hydrogens (tertiary/aromatic N) is 5. The number of rotatable bonds is 3. The van der Waals surface area contributed by atoms with Crippen molar-refractivity contribution in [2.75, 3.05) is 6.54 Å². The molecule has 0 N–H and O–H groups in total. The highest BCUT2D eigenvalue weighted by Crippen LogP contribution is 2.33. The summed E-state index contributed by atoms with van der Waals surface area (Å²) in [6.07, 6.45) is -0.823. The van der Waals surface area contributed by atoms with Crippen molar-refractivity contribution < 1.29 is 18.0 Å². The molecule has 0 radical (unpaired) electrons. The van der Waals surface area contributed by atoms with Gasteiger partial charge in [0.15, 0.2) is 0 Å². The zero-order chi connectivity index (χ0) is 20.6. The van der Waals surface area contributed by atoms with Crippen LogP contribution < -0.4 is 5.56 Å². The minimum absolute atomic E-state index is 0.0510. The van der Waals surface area contributed by atoms with Gasteiger partial charge in [0.1, 0.15) is 12.4 Å². The Kier molecular flexibility index (Phi) is 4.77. The van der Waals surface area contributed by atoms with Crippen LogP contribution in [0, 0.1) is 0 Å². The minimum Gasteiger partial charge on any atom is -0.326 e. The van der Waals surface area contributed by atoms with Crippen molar-refractivity contribution in [1.82, 2.24) is 24.4 Å². The fourth-order valence-electron chi connectivity index (χ4n) is 3.59. The number of para-hydroxylation sites is 1. The van der Waals surface area contributed by atoms with E-state index in [2.05, 4.69) is 15.0 Å². The molecule has 1 aliphatic rings. The molecular weight excluding hydrogens is 387 g/mol. The SMILES string of the molecule is O=C(c1ncccn1)N1CCCC1c1nc2ccccc2c(=O)n1CC(F)(F)F. The molecule has 1 aliphatic heterocycles. The number of hydrogen-bond acceptors (Lipinski definition) is 5. The summed E-state index contributed by atoms with van der Waals surface area (Å²) >= 11 is 0. The van der Waals surface area contributed by atoms with Crippen LogP contribution in [0.3, 0.4) is 0 Å². The van der Waals surface area contributed by atoms with Crippen molar-refractivity contribution in [1.29, 1.82) is 0 Å². The van der Waals surface area contributed by atoms with E-state index in [0.29, 0.717) is 29.5 Å². The fraction of sp³-hybridized carbons (Fsp3) is 0.316. The Labute approximate surface area is 162 Å². The van der Waals surface area contributed by atoms with Gasteiger partial charge in [-0.05, 0) is 31.0 Å². The van der Waals surface area contributed by atoms with Gasteiger partial charge in [-0.1, -0.05) is 12.1 Å². The first-order chi connectivity index (χ1) is 13.8. The number of fused-ring (bicyclic) bond motifs is 1. The van der Waals surface area contributed by atoms with Gasteiger partial charge in [-0.2, -0.15) is 13.2 Å². The molecule has 1 unspecified atom stereocenters. The zero-order valence-electron chi connectivity index (χ0n) is 15.1. The molecule has 3 aromatic rings. The third-order valence-electron chi connectivity index (χ3n) is 4.80. The van der Waals surface area contributed by atoms with Crippen molar-refractivity contribution in [3.05, 3.63) is 64.7 Å². The third kappa shape index (κ3) is 3.69. The molecule has 4 rings (SSSR count). The van der Waals surface area contributed by atoms with Crippen LogP contribution >= 0.6 is 0 Å². The van der Waals surface area contributed by atoms with Crippen molar-refractivity contribution >= 4 is 16.8 Å². The number of amides is 1. The molecule has 1 aromatic carbocycles. The summed E-state index contributed by atoms with van der Waals surface area (Å²) in [7, 11) is 0. The summed E-state index contributed by atoms with van der Waals surface area (Å²) in [6.45, 7) is -1.16. The van der Waals surface area contributed by atoms with Crippen LogP contribution in [0.4, 0.5) is 13.2 Å². The van der Waals surface area contributed by atoms with E-state index < -0.39 is 30.2 Å². The second-order valence-corrected chi connectivity index (χ2v) is 6.72. The molecule has 0 bridgehead atoms. The van der Waals surface area contributed by atoms with Crippen LogP contribution in [0.1, 0.15) is 35.3 Å². The molecule has 1 amide bonds. The average molecular weight is 403 g/mol. The maximum Gasteiger partial charge on any atom is 0.406 e. The minimum atomic E-state index is -4.61. The lowest BCUT2D eigenvalue weighted by molar-refractivity contribution is -0.141. The first kappa shape index (κ1) is 19.0. The zero-order valence-corrected chi connectivity index (χ0v) is 15.1. The lowest BCUT2D eigenvalue weighted by atomic mass is 10.1. The molecule has 1 atom stereocenters. The Balaban J connectivity index is 1.84. The first-order valence-electron chi connectivity index (χ1n) is 8.99. The molecule has 1 fully saturated rings. The molecule has 7 nitrogen and oxygen atoms in total. The lowest BCUT2D eigenvalue weighted by Gasteiger charge is -2.26. The van der Waals surface area contributed by atoms with Gasteiger partial charge in [0, 0.05) is 18.9 Å². The van der Waals surface area contributed by atoms with E-state index in [1.54, 1.807) is 24.3 Å². The number of carbonyl (C=O) groups is 1. The van der Waals surface area contributed by atoms with Crippen LogP contribution in [-0.2, 0) is 6.54 Å². The van der Waals surface area contributed by atoms with Crippen molar-refractivity contribution in [3.63, 3.8) is 0 Å². The highest BCUT2D eigenvalue weighted by molar-refractivity contribution is 5.91. The van der Waals surface area contributed by atoms with E-state index in [4.69, 9.17) is 0 Å². The number of hydrogen-bond donors (Lipinski definition) is 0. The molecule has 29 heavy (non-hydrogen) atoms. The normalized spacial score (nSPS) is 17.1. The summed E-state index contributed by atoms with van der Waals surface area (Å²) < 4.78 is 40.3. The van der Waals surface area contributed by atoms with E-state index in [1.165, 1.54) is 23.4 Å². The summed E-state index contributed by atoms with van der Waals surface area (Å²) in [6, 6.07) is 7.02. The third-order valence-corrected chi connectivity index (χ3v) is 4.80. The summed E-state index contributed by atoms with van der Waals surface area (Å²) in [5.74, 6) is -0.633. The Morgan fingerprint density at radius 1 is 1.14 bits per heavy atom. The lowest BCUT2D eigenvalue weighted by Crippen LogP contribution is -2.38. The second-order valence-electron chi connectivity index (χ2n) is 6.72. The van der Waals surface area contributed by atoms with Crippen LogP contribution in [0.2, 0.25) is 0 Å². The van der Waals surface area contributed by atoms with Gasteiger partial charge in [0.05, 0.1) is 16.9 Å². The van der Waals surface area contributed by atoms with Crippen LogP contribution in [0.5, 0.6) is 0 Å². The van der Waals surface area contributed by atoms with Gasteiger partial charge in [-0.15, -0.1) is 0 Å².